The van der Waals surface area contributed by atoms with Crippen LogP contribution in [0.3, 0.4) is 0 Å². The van der Waals surface area contributed by atoms with Crippen molar-refractivity contribution in [3.8, 4) is 5.75 Å². The van der Waals surface area contributed by atoms with Crippen molar-refractivity contribution >= 4 is 0 Å². The third-order valence-electron chi connectivity index (χ3n) is 1.69. The fourth-order valence-electron chi connectivity index (χ4n) is 1.12. The predicted molar refractivity (Wildman–Crippen MR) is 48.2 cm³/mol. The summed E-state index contributed by atoms with van der Waals surface area (Å²) in [7, 11) is 0. The fourth-order valence-corrected chi connectivity index (χ4v) is 1.12. The molecule has 1 aromatic carbocycles. The quantitative estimate of drug-likeness (QED) is 0.693. The fraction of sp³-hybridized carbons (Fsp3) is 0.400. The van der Waals surface area contributed by atoms with Gasteiger partial charge in [0, 0.05) is 0 Å². The van der Waals surface area contributed by atoms with Gasteiger partial charge in [-0.15, -0.1) is 0 Å². The molecule has 0 bridgehead atoms. The summed E-state index contributed by atoms with van der Waals surface area (Å²) in [5, 5.41) is 8.47. The Morgan fingerprint density at radius 3 is 2.42 bits per heavy atom. The van der Waals surface area contributed by atoms with E-state index < -0.39 is 0 Å². The Hall–Kier alpha value is -1.02. The van der Waals surface area contributed by atoms with Crippen molar-refractivity contribution in [1.29, 1.82) is 0 Å². The zero-order valence-corrected chi connectivity index (χ0v) is 7.29. The smallest absolute Gasteiger partial charge is 0.186 e. The Morgan fingerprint density at radius 2 is 1.92 bits per heavy atom. The number of aliphatic hydroxyl groups excluding tert-OH is 1. The summed E-state index contributed by atoms with van der Waals surface area (Å²) in [6, 6.07) is 7.80. The second-order valence-electron chi connectivity index (χ2n) is 2.67. The van der Waals surface area contributed by atoms with Gasteiger partial charge in [0.25, 0.3) is 0 Å². The second kappa shape index (κ2) is 4.78. The van der Waals surface area contributed by atoms with Gasteiger partial charge in [0.15, 0.2) is 6.79 Å². The first kappa shape index (κ1) is 9.07. The molecule has 0 unspecified atom stereocenters. The van der Waals surface area contributed by atoms with E-state index in [2.05, 4.69) is 6.92 Å². The zero-order chi connectivity index (χ0) is 8.81. The molecule has 0 aliphatic carbocycles. The molecule has 0 aliphatic rings. The van der Waals surface area contributed by atoms with E-state index in [1.807, 2.05) is 24.3 Å². The van der Waals surface area contributed by atoms with Crippen LogP contribution < -0.4 is 4.74 Å². The van der Waals surface area contributed by atoms with E-state index in [0.29, 0.717) is 0 Å². The summed E-state index contributed by atoms with van der Waals surface area (Å²) < 4.78 is 4.89. The van der Waals surface area contributed by atoms with Crippen LogP contribution >= 0.6 is 0 Å². The highest BCUT2D eigenvalue weighted by Gasteiger charge is 1.92. The van der Waals surface area contributed by atoms with E-state index in [1.54, 1.807) is 0 Å². The molecule has 0 amide bonds. The third kappa shape index (κ3) is 2.55. The molecule has 1 aromatic rings. The average molecular weight is 166 g/mol. The number of aryl methyl sites for hydroxylation is 1. The Kier molecular flexibility index (Phi) is 3.61. The average Bonchev–Trinajstić information content (AvgIpc) is 2.09. The number of benzene rings is 1. The largest absolute Gasteiger partial charge is 0.468 e. The molecule has 12 heavy (non-hydrogen) atoms. The second-order valence-corrected chi connectivity index (χ2v) is 2.67. The lowest BCUT2D eigenvalue weighted by Gasteiger charge is -2.02. The summed E-state index contributed by atoms with van der Waals surface area (Å²) in [6.07, 6.45) is 2.25. The Morgan fingerprint density at radius 1 is 1.25 bits per heavy atom. The van der Waals surface area contributed by atoms with Crippen LogP contribution in [0.4, 0.5) is 0 Å². The minimum Gasteiger partial charge on any atom is -0.468 e. The molecule has 0 saturated heterocycles. The SMILES string of the molecule is CCCc1ccc(OCO)cc1. The van der Waals surface area contributed by atoms with E-state index in [1.165, 1.54) is 5.56 Å². The predicted octanol–water partition coefficient (Wildman–Crippen LogP) is 1.97. The molecule has 1 rings (SSSR count). The molecule has 2 nitrogen and oxygen atoms in total. The van der Waals surface area contributed by atoms with Crippen molar-refractivity contribution in [2.75, 3.05) is 6.79 Å². The minimum atomic E-state index is -0.257. The first-order chi connectivity index (χ1) is 5.86. The normalized spacial score (nSPS) is 9.83. The minimum absolute atomic E-state index is 0.257. The van der Waals surface area contributed by atoms with Crippen LogP contribution in [0.25, 0.3) is 0 Å². The molecule has 0 aliphatic heterocycles. The number of hydrogen-bond donors (Lipinski definition) is 1. The molecule has 0 heterocycles. The summed E-state index contributed by atoms with van der Waals surface area (Å²) in [4.78, 5) is 0. The lowest BCUT2D eigenvalue weighted by molar-refractivity contribution is 0.0985. The van der Waals surface area contributed by atoms with Crippen molar-refractivity contribution < 1.29 is 9.84 Å². The molecule has 0 fully saturated rings. The molecule has 0 atom stereocenters. The van der Waals surface area contributed by atoms with E-state index >= 15 is 0 Å². The first-order valence-corrected chi connectivity index (χ1v) is 4.19. The monoisotopic (exact) mass is 166 g/mol. The van der Waals surface area contributed by atoms with Gasteiger partial charge in [-0.1, -0.05) is 25.5 Å². The van der Waals surface area contributed by atoms with E-state index in [-0.39, 0.29) is 6.79 Å². The summed E-state index contributed by atoms with van der Waals surface area (Å²) >= 11 is 0. The zero-order valence-electron chi connectivity index (χ0n) is 7.29. The summed E-state index contributed by atoms with van der Waals surface area (Å²) in [5.74, 6) is 0.720. The molecular weight excluding hydrogens is 152 g/mol. The van der Waals surface area contributed by atoms with E-state index in [4.69, 9.17) is 9.84 Å². The van der Waals surface area contributed by atoms with Gasteiger partial charge in [-0.05, 0) is 24.1 Å². The van der Waals surface area contributed by atoms with E-state index in [9.17, 15) is 0 Å². The maximum Gasteiger partial charge on any atom is 0.186 e. The molecule has 2 heteroatoms. The number of rotatable bonds is 4. The number of aliphatic hydroxyl groups is 1. The maximum atomic E-state index is 8.47. The Labute approximate surface area is 72.8 Å². The van der Waals surface area contributed by atoms with Gasteiger partial charge < -0.3 is 9.84 Å². The van der Waals surface area contributed by atoms with Gasteiger partial charge in [0.2, 0.25) is 0 Å². The van der Waals surface area contributed by atoms with Crippen molar-refractivity contribution in [2.45, 2.75) is 19.8 Å². The highest BCUT2D eigenvalue weighted by molar-refractivity contribution is 5.27. The van der Waals surface area contributed by atoms with Crippen LogP contribution in [0.5, 0.6) is 5.75 Å². The van der Waals surface area contributed by atoms with Gasteiger partial charge in [-0.3, -0.25) is 0 Å². The molecule has 0 aromatic heterocycles. The Bertz CT molecular complexity index is 191. The molecule has 1 N–H and O–H groups in total. The van der Waals surface area contributed by atoms with Crippen LogP contribution in [0.2, 0.25) is 0 Å². The van der Waals surface area contributed by atoms with Crippen LogP contribution in [0, 0.1) is 0 Å². The van der Waals surface area contributed by atoms with Crippen molar-refractivity contribution in [1.82, 2.24) is 0 Å². The van der Waals surface area contributed by atoms with Crippen LogP contribution in [-0.4, -0.2) is 11.9 Å². The topological polar surface area (TPSA) is 29.5 Å². The highest BCUT2D eigenvalue weighted by atomic mass is 16.6. The van der Waals surface area contributed by atoms with Gasteiger partial charge in [-0.25, -0.2) is 0 Å². The van der Waals surface area contributed by atoms with Gasteiger partial charge >= 0.3 is 0 Å². The third-order valence-corrected chi connectivity index (χ3v) is 1.69. The standard InChI is InChI=1S/C10H14O2/c1-2-3-9-4-6-10(7-5-9)12-8-11/h4-7,11H,2-3,8H2,1H3. The lowest BCUT2D eigenvalue weighted by atomic mass is 10.1. The van der Waals surface area contributed by atoms with Crippen LogP contribution in [0.1, 0.15) is 18.9 Å². The number of ether oxygens (including phenoxy) is 1. The molecular formula is C10H14O2. The molecule has 66 valence electrons. The molecule has 0 spiro atoms. The van der Waals surface area contributed by atoms with Crippen LogP contribution in [0.15, 0.2) is 24.3 Å². The Balaban J connectivity index is 2.58. The number of hydrogen-bond acceptors (Lipinski definition) is 2. The molecule has 0 saturated carbocycles. The van der Waals surface area contributed by atoms with Crippen molar-refractivity contribution in [3.05, 3.63) is 29.8 Å². The van der Waals surface area contributed by atoms with Gasteiger partial charge in [0.05, 0.1) is 0 Å². The highest BCUT2D eigenvalue weighted by Crippen LogP contribution is 2.12. The van der Waals surface area contributed by atoms with Gasteiger partial charge in [0.1, 0.15) is 5.75 Å². The van der Waals surface area contributed by atoms with Gasteiger partial charge in [-0.2, -0.15) is 0 Å². The van der Waals surface area contributed by atoms with Crippen molar-refractivity contribution in [3.63, 3.8) is 0 Å². The molecule has 0 radical (unpaired) electrons. The van der Waals surface area contributed by atoms with Crippen molar-refractivity contribution in [2.24, 2.45) is 0 Å². The summed E-state index contributed by atoms with van der Waals surface area (Å²) in [5.41, 5.74) is 1.31. The summed E-state index contributed by atoms with van der Waals surface area (Å²) in [6.45, 7) is 1.89. The first-order valence-electron chi connectivity index (χ1n) is 4.19. The van der Waals surface area contributed by atoms with Crippen LogP contribution in [-0.2, 0) is 6.42 Å². The lowest BCUT2D eigenvalue weighted by Crippen LogP contribution is -1.94. The maximum absolute atomic E-state index is 8.47. The van der Waals surface area contributed by atoms with E-state index in [0.717, 1.165) is 18.6 Å².